The Hall–Kier alpha value is -2.53. The summed E-state index contributed by atoms with van der Waals surface area (Å²) in [5.74, 6) is -1.70. The van der Waals surface area contributed by atoms with Gasteiger partial charge in [-0.3, -0.25) is 4.79 Å². The Balaban J connectivity index is 1.61. The van der Waals surface area contributed by atoms with Gasteiger partial charge in [0.05, 0.1) is 31.0 Å². The number of benzene rings is 2. The quantitative estimate of drug-likeness (QED) is 0.448. The Morgan fingerprint density at radius 1 is 1.05 bits per heavy atom. The summed E-state index contributed by atoms with van der Waals surface area (Å²) in [7, 11) is 0. The van der Waals surface area contributed by atoms with Crippen molar-refractivity contribution < 1.29 is 41.3 Å². The Labute approximate surface area is 219 Å². The van der Waals surface area contributed by atoms with Crippen LogP contribution in [0.15, 0.2) is 48.5 Å². The van der Waals surface area contributed by atoms with Crippen molar-refractivity contribution in [3.63, 3.8) is 0 Å². The topological polar surface area (TPSA) is 66.0 Å². The van der Waals surface area contributed by atoms with E-state index in [1.165, 1.54) is 24.3 Å². The Kier molecular flexibility index (Phi) is 8.18. The van der Waals surface area contributed by atoms with Gasteiger partial charge in [0.1, 0.15) is 11.9 Å². The number of carbonyl (C=O) groups excluding carboxylic acids is 1. The maximum Gasteiger partial charge on any atom is 0.416 e. The minimum Gasteiger partial charge on any atom is -0.371 e. The van der Waals surface area contributed by atoms with E-state index in [0.29, 0.717) is 0 Å². The molecule has 4 rings (SSSR count). The fourth-order valence-corrected chi connectivity index (χ4v) is 4.94. The van der Waals surface area contributed by atoms with Gasteiger partial charge in [-0.25, -0.2) is 4.39 Å². The van der Waals surface area contributed by atoms with Gasteiger partial charge in [0.25, 0.3) is 5.91 Å². The van der Waals surface area contributed by atoms with E-state index in [-0.39, 0.29) is 43.5 Å². The van der Waals surface area contributed by atoms with Crippen LogP contribution in [-0.2, 0) is 43.1 Å². The molecule has 1 aliphatic heterocycles. The number of rotatable bonds is 8. The van der Waals surface area contributed by atoms with E-state index in [1.807, 2.05) is 13.8 Å². The second-order valence-corrected chi connectivity index (χ2v) is 10.6. The normalized spacial score (nSPS) is 26.8. The highest BCUT2D eigenvalue weighted by Crippen LogP contribution is 2.44. The summed E-state index contributed by atoms with van der Waals surface area (Å²) in [5.41, 5.74) is -1.23. The molecule has 0 unspecified atom stereocenters. The zero-order valence-corrected chi connectivity index (χ0v) is 21.8. The third-order valence-electron chi connectivity index (χ3n) is 6.63. The van der Waals surface area contributed by atoms with Crippen molar-refractivity contribution in [3.8, 4) is 0 Å². The first-order chi connectivity index (χ1) is 17.8. The van der Waals surface area contributed by atoms with Crippen LogP contribution in [0.5, 0.6) is 0 Å². The molecule has 2 aromatic carbocycles. The molecule has 2 aromatic rings. The van der Waals surface area contributed by atoms with Gasteiger partial charge < -0.3 is 24.3 Å². The molecule has 1 aliphatic carbocycles. The predicted molar refractivity (Wildman–Crippen MR) is 130 cm³/mol. The summed E-state index contributed by atoms with van der Waals surface area (Å²) >= 11 is 0. The molecule has 6 nitrogen and oxygen atoms in total. The second-order valence-electron chi connectivity index (χ2n) is 10.6. The SMILES string of the molecule is CC(C)NC(=O)[C@@]1(OCc2cccc(C(F)(F)F)c2)C[C@H](OCc2ccc(F)cc2)[C@@H]2OC(C)(C)O[C@@H]2C1. The van der Waals surface area contributed by atoms with Gasteiger partial charge in [-0.2, -0.15) is 13.2 Å². The molecular weight excluding hydrogens is 506 g/mol. The minimum absolute atomic E-state index is 0.0896. The zero-order chi connectivity index (χ0) is 27.7. The minimum atomic E-state index is -4.50. The smallest absolute Gasteiger partial charge is 0.371 e. The average molecular weight is 540 g/mol. The molecule has 1 amide bonds. The van der Waals surface area contributed by atoms with E-state index in [1.54, 1.807) is 26.0 Å². The van der Waals surface area contributed by atoms with Gasteiger partial charge in [0.15, 0.2) is 11.4 Å². The van der Waals surface area contributed by atoms with Crippen molar-refractivity contribution in [2.75, 3.05) is 0 Å². The van der Waals surface area contributed by atoms with Crippen LogP contribution in [0.25, 0.3) is 0 Å². The van der Waals surface area contributed by atoms with E-state index in [9.17, 15) is 22.4 Å². The van der Waals surface area contributed by atoms with Crippen LogP contribution in [0, 0.1) is 5.82 Å². The fraction of sp³-hybridized carbons (Fsp3) is 0.536. The van der Waals surface area contributed by atoms with E-state index in [2.05, 4.69) is 5.32 Å². The molecule has 1 saturated heterocycles. The molecule has 10 heteroatoms. The number of carbonyl (C=O) groups is 1. The molecule has 38 heavy (non-hydrogen) atoms. The highest BCUT2D eigenvalue weighted by Gasteiger charge is 2.58. The number of hydrogen-bond donors (Lipinski definition) is 1. The fourth-order valence-electron chi connectivity index (χ4n) is 4.94. The Bertz CT molecular complexity index is 1120. The van der Waals surface area contributed by atoms with E-state index >= 15 is 0 Å². The van der Waals surface area contributed by atoms with Crippen LogP contribution in [-0.4, -0.2) is 41.6 Å². The second kappa shape index (κ2) is 10.9. The van der Waals surface area contributed by atoms with Crippen molar-refractivity contribution >= 4 is 5.91 Å². The van der Waals surface area contributed by atoms with Crippen molar-refractivity contribution in [3.05, 3.63) is 71.0 Å². The molecule has 208 valence electrons. The first-order valence-corrected chi connectivity index (χ1v) is 12.6. The molecule has 4 atom stereocenters. The molecule has 0 spiro atoms. The molecule has 0 radical (unpaired) electrons. The standard InChI is InChI=1S/C28H33F4NO5/c1-17(2)33-25(34)27(36-16-19-6-5-7-20(12-19)28(30,31)32)13-22(24-23(14-27)37-26(3,4)38-24)35-15-18-8-10-21(29)11-9-18/h5-12,17,22-24H,13-16H2,1-4H3,(H,33,34)/t22-,23+,24-,27+/m0/s1. The molecule has 2 aliphatic rings. The monoisotopic (exact) mass is 539 g/mol. The lowest BCUT2D eigenvalue weighted by Gasteiger charge is -2.43. The number of halogens is 4. The van der Waals surface area contributed by atoms with Gasteiger partial charge in [-0.05, 0) is 63.1 Å². The predicted octanol–water partition coefficient (Wildman–Crippen LogP) is 5.52. The summed E-state index contributed by atoms with van der Waals surface area (Å²) in [6, 6.07) is 10.5. The lowest BCUT2D eigenvalue weighted by Crippen LogP contribution is -2.60. The number of amides is 1. The average Bonchev–Trinajstić information content (AvgIpc) is 3.15. The number of nitrogens with one attached hydrogen (secondary N) is 1. The molecule has 1 heterocycles. The van der Waals surface area contributed by atoms with Gasteiger partial charge >= 0.3 is 6.18 Å². The highest BCUT2D eigenvalue weighted by molar-refractivity contribution is 5.85. The van der Waals surface area contributed by atoms with Crippen LogP contribution in [0.4, 0.5) is 17.6 Å². The first-order valence-electron chi connectivity index (χ1n) is 12.6. The van der Waals surface area contributed by atoms with Crippen LogP contribution >= 0.6 is 0 Å². The molecule has 1 saturated carbocycles. The Morgan fingerprint density at radius 2 is 1.76 bits per heavy atom. The van der Waals surface area contributed by atoms with E-state index in [4.69, 9.17) is 18.9 Å². The molecule has 0 bridgehead atoms. The number of ether oxygens (including phenoxy) is 4. The van der Waals surface area contributed by atoms with Gasteiger partial charge in [0.2, 0.25) is 0 Å². The van der Waals surface area contributed by atoms with Crippen molar-refractivity contribution in [1.29, 1.82) is 0 Å². The first kappa shape index (κ1) is 28.5. The molecule has 0 aromatic heterocycles. The van der Waals surface area contributed by atoms with Gasteiger partial charge in [-0.1, -0.05) is 24.3 Å². The van der Waals surface area contributed by atoms with Crippen LogP contribution in [0.1, 0.15) is 57.2 Å². The molecule has 1 N–H and O–H groups in total. The highest BCUT2D eigenvalue weighted by atomic mass is 19.4. The van der Waals surface area contributed by atoms with Crippen molar-refractivity contribution in [2.24, 2.45) is 0 Å². The maximum absolute atomic E-state index is 13.6. The van der Waals surface area contributed by atoms with E-state index < -0.39 is 47.3 Å². The number of alkyl halides is 3. The third-order valence-corrected chi connectivity index (χ3v) is 6.63. The van der Waals surface area contributed by atoms with Gasteiger partial charge in [0, 0.05) is 18.9 Å². The maximum atomic E-state index is 13.6. The van der Waals surface area contributed by atoms with Crippen LogP contribution in [0.3, 0.4) is 0 Å². The lowest BCUT2D eigenvalue weighted by atomic mass is 9.78. The summed E-state index contributed by atoms with van der Waals surface area (Å²) < 4.78 is 77.8. The summed E-state index contributed by atoms with van der Waals surface area (Å²) in [6.45, 7) is 7.06. The molecule has 2 fully saturated rings. The largest absolute Gasteiger partial charge is 0.416 e. The Morgan fingerprint density at radius 3 is 2.42 bits per heavy atom. The summed E-state index contributed by atoms with van der Waals surface area (Å²) in [6.07, 6.45) is -5.97. The van der Waals surface area contributed by atoms with Crippen molar-refractivity contribution in [1.82, 2.24) is 5.32 Å². The lowest BCUT2D eigenvalue weighted by molar-refractivity contribution is -0.184. The van der Waals surface area contributed by atoms with Gasteiger partial charge in [-0.15, -0.1) is 0 Å². The van der Waals surface area contributed by atoms with E-state index in [0.717, 1.165) is 17.7 Å². The molecular formula is C28H33F4NO5. The number of hydrogen-bond acceptors (Lipinski definition) is 5. The van der Waals surface area contributed by atoms with Crippen molar-refractivity contribution in [2.45, 2.75) is 95.7 Å². The zero-order valence-electron chi connectivity index (χ0n) is 21.8. The summed E-state index contributed by atoms with van der Waals surface area (Å²) in [5, 5.41) is 2.89. The third kappa shape index (κ3) is 6.72. The van der Waals surface area contributed by atoms with Crippen LogP contribution < -0.4 is 5.32 Å². The number of fused-ring (bicyclic) bond motifs is 1. The van der Waals surface area contributed by atoms with Crippen LogP contribution in [0.2, 0.25) is 0 Å². The summed E-state index contributed by atoms with van der Waals surface area (Å²) in [4.78, 5) is 13.6.